The minimum absolute atomic E-state index is 0.0232. The molecule has 0 aliphatic carbocycles. The molecule has 1 atom stereocenters. The fourth-order valence-corrected chi connectivity index (χ4v) is 4.08. The van der Waals surface area contributed by atoms with Gasteiger partial charge in [0.1, 0.15) is 6.10 Å². The SMILES string of the molecule is CC1(C)OB(c2cnc(O[C@@H]3CCS(=O)(=O)C3)nc2)OC1(C)C. The van der Waals surface area contributed by atoms with Crippen molar-refractivity contribution < 1.29 is 22.5 Å². The molecule has 0 N–H and O–H groups in total. The zero-order valence-electron chi connectivity index (χ0n) is 13.8. The zero-order chi connectivity index (χ0) is 16.9. The Kier molecular flexibility index (Phi) is 3.93. The summed E-state index contributed by atoms with van der Waals surface area (Å²) in [5, 5.41) is 0. The Morgan fingerprint density at radius 3 is 2.22 bits per heavy atom. The average Bonchev–Trinajstić information content (AvgIpc) is 2.87. The number of hydrogen-bond acceptors (Lipinski definition) is 7. The topological polar surface area (TPSA) is 87.6 Å². The smallest absolute Gasteiger partial charge is 0.459 e. The Bertz CT molecular complexity index is 674. The van der Waals surface area contributed by atoms with E-state index in [-0.39, 0.29) is 23.6 Å². The molecule has 0 bridgehead atoms. The van der Waals surface area contributed by atoms with Crippen molar-refractivity contribution in [3.8, 4) is 6.01 Å². The minimum atomic E-state index is -2.98. The highest BCUT2D eigenvalue weighted by Gasteiger charge is 2.52. The molecule has 2 aliphatic rings. The molecule has 3 rings (SSSR count). The normalized spacial score (nSPS) is 28.0. The second-order valence-corrected chi connectivity index (χ2v) is 9.26. The van der Waals surface area contributed by atoms with Gasteiger partial charge in [-0.05, 0) is 34.1 Å². The summed E-state index contributed by atoms with van der Waals surface area (Å²) in [4.78, 5) is 8.28. The third-order valence-corrected chi connectivity index (χ3v) is 6.37. The van der Waals surface area contributed by atoms with Crippen molar-refractivity contribution in [2.45, 2.75) is 51.4 Å². The molecule has 2 aliphatic heterocycles. The molecule has 126 valence electrons. The highest BCUT2D eigenvalue weighted by Crippen LogP contribution is 2.36. The monoisotopic (exact) mass is 340 g/mol. The first kappa shape index (κ1) is 16.7. The molecule has 9 heteroatoms. The van der Waals surface area contributed by atoms with Gasteiger partial charge >= 0.3 is 13.1 Å². The van der Waals surface area contributed by atoms with E-state index < -0.39 is 28.2 Å². The maximum atomic E-state index is 11.4. The number of nitrogens with zero attached hydrogens (tertiary/aromatic N) is 2. The molecular formula is C14H21BN2O5S. The lowest BCUT2D eigenvalue weighted by molar-refractivity contribution is 0.00578. The van der Waals surface area contributed by atoms with Gasteiger partial charge in [-0.25, -0.2) is 18.4 Å². The van der Waals surface area contributed by atoms with Gasteiger partial charge in [0.05, 0.1) is 22.7 Å². The summed E-state index contributed by atoms with van der Waals surface area (Å²) in [7, 11) is -3.51. The Hall–Kier alpha value is -1.19. The van der Waals surface area contributed by atoms with Crippen LogP contribution in [-0.2, 0) is 19.1 Å². The Balaban J connectivity index is 1.67. The summed E-state index contributed by atoms with van der Waals surface area (Å²) in [6.45, 7) is 7.91. The van der Waals surface area contributed by atoms with Crippen LogP contribution < -0.4 is 10.2 Å². The van der Waals surface area contributed by atoms with E-state index in [1.54, 1.807) is 12.4 Å². The molecule has 0 radical (unpaired) electrons. The van der Waals surface area contributed by atoms with Crippen molar-refractivity contribution in [2.75, 3.05) is 11.5 Å². The van der Waals surface area contributed by atoms with Crippen molar-refractivity contribution in [1.82, 2.24) is 9.97 Å². The van der Waals surface area contributed by atoms with E-state index in [1.807, 2.05) is 27.7 Å². The van der Waals surface area contributed by atoms with Crippen LogP contribution in [-0.4, -0.2) is 54.3 Å². The zero-order valence-corrected chi connectivity index (χ0v) is 14.6. The average molecular weight is 340 g/mol. The third kappa shape index (κ3) is 3.36. The first-order valence-corrected chi connectivity index (χ1v) is 9.45. The van der Waals surface area contributed by atoms with Crippen molar-refractivity contribution >= 4 is 22.4 Å². The van der Waals surface area contributed by atoms with Crippen LogP contribution in [0.15, 0.2) is 12.4 Å². The van der Waals surface area contributed by atoms with Gasteiger partial charge in [-0.2, -0.15) is 0 Å². The van der Waals surface area contributed by atoms with Crippen molar-refractivity contribution in [2.24, 2.45) is 0 Å². The second-order valence-electron chi connectivity index (χ2n) is 7.03. The molecule has 23 heavy (non-hydrogen) atoms. The van der Waals surface area contributed by atoms with Crippen LogP contribution in [0.3, 0.4) is 0 Å². The predicted octanol–water partition coefficient (Wildman–Crippen LogP) is 0.342. The molecule has 3 heterocycles. The van der Waals surface area contributed by atoms with Gasteiger partial charge in [0.2, 0.25) is 0 Å². The summed E-state index contributed by atoms with van der Waals surface area (Å²) < 4.78 is 40.2. The third-order valence-electron chi connectivity index (χ3n) is 4.64. The Morgan fingerprint density at radius 2 is 1.74 bits per heavy atom. The quantitative estimate of drug-likeness (QED) is 0.733. The van der Waals surface area contributed by atoms with Crippen LogP contribution in [0.25, 0.3) is 0 Å². The summed E-state index contributed by atoms with van der Waals surface area (Å²) in [6.07, 6.45) is 3.29. The molecule has 0 aromatic carbocycles. The molecule has 2 fully saturated rings. The first-order valence-electron chi connectivity index (χ1n) is 7.63. The Labute approximate surface area is 136 Å². The van der Waals surface area contributed by atoms with Gasteiger partial charge in [-0.15, -0.1) is 0 Å². The molecular weight excluding hydrogens is 319 g/mol. The van der Waals surface area contributed by atoms with Crippen LogP contribution in [0.2, 0.25) is 0 Å². The predicted molar refractivity (Wildman–Crippen MR) is 85.4 cm³/mol. The van der Waals surface area contributed by atoms with Crippen molar-refractivity contribution in [3.05, 3.63) is 12.4 Å². The highest BCUT2D eigenvalue weighted by molar-refractivity contribution is 7.91. The highest BCUT2D eigenvalue weighted by atomic mass is 32.2. The van der Waals surface area contributed by atoms with Crippen LogP contribution in [0, 0.1) is 0 Å². The second kappa shape index (κ2) is 5.42. The van der Waals surface area contributed by atoms with Crippen LogP contribution in [0.4, 0.5) is 0 Å². The lowest BCUT2D eigenvalue weighted by Crippen LogP contribution is -2.41. The molecule has 0 saturated carbocycles. The largest absolute Gasteiger partial charge is 0.498 e. The van der Waals surface area contributed by atoms with Gasteiger partial charge in [-0.1, -0.05) is 0 Å². The van der Waals surface area contributed by atoms with Gasteiger partial charge in [0.25, 0.3) is 0 Å². The standard InChI is InChI=1S/C14H21BN2O5S/c1-13(2)14(3,4)22-15(21-13)10-7-16-12(17-8-10)20-11-5-6-23(18,19)9-11/h7-8,11H,5-6,9H2,1-4H3/t11-/m1/s1. The van der Waals surface area contributed by atoms with Crippen molar-refractivity contribution in [3.63, 3.8) is 0 Å². The van der Waals surface area contributed by atoms with Crippen molar-refractivity contribution in [1.29, 1.82) is 0 Å². The van der Waals surface area contributed by atoms with E-state index in [4.69, 9.17) is 14.0 Å². The maximum Gasteiger partial charge on any atom is 0.498 e. The van der Waals surface area contributed by atoms with E-state index in [9.17, 15) is 8.42 Å². The molecule has 2 saturated heterocycles. The molecule has 1 aromatic heterocycles. The first-order chi connectivity index (χ1) is 10.6. The van der Waals surface area contributed by atoms with Crippen LogP contribution >= 0.6 is 0 Å². The molecule has 7 nitrogen and oxygen atoms in total. The van der Waals surface area contributed by atoms with E-state index in [0.29, 0.717) is 11.9 Å². The van der Waals surface area contributed by atoms with E-state index in [1.165, 1.54) is 0 Å². The van der Waals surface area contributed by atoms with Gasteiger partial charge in [0, 0.05) is 17.9 Å². The number of sulfone groups is 1. The molecule has 0 amide bonds. The number of hydrogen-bond donors (Lipinski definition) is 0. The maximum absolute atomic E-state index is 11.4. The number of rotatable bonds is 3. The van der Waals surface area contributed by atoms with E-state index >= 15 is 0 Å². The fraction of sp³-hybridized carbons (Fsp3) is 0.714. The number of aromatic nitrogens is 2. The van der Waals surface area contributed by atoms with E-state index in [0.717, 1.165) is 0 Å². The minimum Gasteiger partial charge on any atom is -0.459 e. The Morgan fingerprint density at radius 1 is 1.17 bits per heavy atom. The van der Waals surface area contributed by atoms with Gasteiger partial charge in [0.15, 0.2) is 9.84 Å². The lowest BCUT2D eigenvalue weighted by Gasteiger charge is -2.32. The summed E-state index contributed by atoms with van der Waals surface area (Å²) >= 11 is 0. The summed E-state index contributed by atoms with van der Waals surface area (Å²) in [5.74, 6) is 0.180. The summed E-state index contributed by atoms with van der Waals surface area (Å²) in [5.41, 5.74) is -0.147. The van der Waals surface area contributed by atoms with Crippen LogP contribution in [0.1, 0.15) is 34.1 Å². The molecule has 0 spiro atoms. The number of ether oxygens (including phenoxy) is 1. The summed E-state index contributed by atoms with van der Waals surface area (Å²) in [6, 6.07) is 0.173. The van der Waals surface area contributed by atoms with E-state index in [2.05, 4.69) is 9.97 Å². The fourth-order valence-electron chi connectivity index (χ4n) is 2.49. The van der Waals surface area contributed by atoms with Gasteiger partial charge in [-0.3, -0.25) is 0 Å². The van der Waals surface area contributed by atoms with Gasteiger partial charge < -0.3 is 14.0 Å². The molecule has 0 unspecified atom stereocenters. The van der Waals surface area contributed by atoms with Crippen LogP contribution in [0.5, 0.6) is 6.01 Å². The lowest BCUT2D eigenvalue weighted by atomic mass is 9.81. The molecule has 1 aromatic rings.